The third kappa shape index (κ3) is 2.55. The van der Waals surface area contributed by atoms with Crippen LogP contribution in [-0.4, -0.2) is 47.7 Å². The molecule has 0 aliphatic heterocycles. The summed E-state index contributed by atoms with van der Waals surface area (Å²) in [4.78, 5) is 23.1. The molecule has 0 spiro atoms. The van der Waals surface area contributed by atoms with Crippen molar-refractivity contribution >= 4 is 12.1 Å². The van der Waals surface area contributed by atoms with Crippen LogP contribution < -0.4 is 5.32 Å². The highest BCUT2D eigenvalue weighted by Crippen LogP contribution is 2.51. The molecule has 1 aliphatic rings. The summed E-state index contributed by atoms with van der Waals surface area (Å²) in [6.45, 7) is 4.04. The molecule has 0 aromatic rings. The second-order valence-electron chi connectivity index (χ2n) is 5.32. The molecule has 1 rings (SSSR count). The lowest BCUT2D eigenvalue weighted by Gasteiger charge is -2.23. The Labute approximate surface area is 104 Å². The number of carbonyl (C=O) groups is 2. The van der Waals surface area contributed by atoms with Crippen LogP contribution in [0.25, 0.3) is 0 Å². The summed E-state index contributed by atoms with van der Waals surface area (Å²) in [7, 11) is 1.08. The second kappa shape index (κ2) is 4.38. The Morgan fingerprint density at radius 1 is 1.44 bits per heavy atom. The maximum atomic E-state index is 14.0. The van der Waals surface area contributed by atoms with Crippen LogP contribution in [0.15, 0.2) is 0 Å². The summed E-state index contributed by atoms with van der Waals surface area (Å²) in [6, 6.07) is 0. The minimum atomic E-state index is -2.20. The van der Waals surface area contributed by atoms with Gasteiger partial charge in [-0.25, -0.2) is 14.0 Å². The fraction of sp³-hybridized carbons (Fsp3) is 0.818. The van der Waals surface area contributed by atoms with E-state index in [1.165, 1.54) is 0 Å². The lowest BCUT2D eigenvalue weighted by molar-refractivity contribution is -0.146. The smallest absolute Gasteiger partial charge is 0.408 e. The summed E-state index contributed by atoms with van der Waals surface area (Å²) < 4.78 is 23.3. The fourth-order valence-electron chi connectivity index (χ4n) is 1.68. The standard InChI is InChI=1S/C11H18FNO5/c1-9(2,3)18-8(16)13-11(7(15)17-4)5-10(11,12)6-14/h14H,5-6H2,1-4H3,(H,13,16)/t10-,11-/m1/s1. The molecule has 0 aromatic heterocycles. The molecule has 104 valence electrons. The molecule has 0 saturated heterocycles. The molecule has 1 amide bonds. The number of ether oxygens (including phenoxy) is 2. The highest BCUT2D eigenvalue weighted by Gasteiger charge is 2.76. The third-order valence-electron chi connectivity index (χ3n) is 2.68. The number of hydrogen-bond acceptors (Lipinski definition) is 5. The van der Waals surface area contributed by atoms with Crippen LogP contribution in [0.5, 0.6) is 0 Å². The van der Waals surface area contributed by atoms with Crippen LogP contribution in [0.2, 0.25) is 0 Å². The summed E-state index contributed by atoms with van der Waals surface area (Å²) in [5.74, 6) is -0.940. The van der Waals surface area contributed by atoms with Crippen molar-refractivity contribution in [3.63, 3.8) is 0 Å². The summed E-state index contributed by atoms with van der Waals surface area (Å²) in [5.41, 5.74) is -4.82. The first-order valence-corrected chi connectivity index (χ1v) is 5.49. The van der Waals surface area contributed by atoms with E-state index in [1.54, 1.807) is 20.8 Å². The van der Waals surface area contributed by atoms with Crippen molar-refractivity contribution in [2.75, 3.05) is 13.7 Å². The number of rotatable bonds is 3. The van der Waals surface area contributed by atoms with Gasteiger partial charge in [0.15, 0.2) is 11.2 Å². The molecule has 0 radical (unpaired) electrons. The number of amides is 1. The Morgan fingerprint density at radius 3 is 2.33 bits per heavy atom. The van der Waals surface area contributed by atoms with Gasteiger partial charge in [0.25, 0.3) is 0 Å². The average Bonchev–Trinajstić information content (AvgIpc) is 2.82. The molecule has 0 aromatic carbocycles. The van der Waals surface area contributed by atoms with Gasteiger partial charge in [0.2, 0.25) is 0 Å². The largest absolute Gasteiger partial charge is 0.467 e. The van der Waals surface area contributed by atoms with Gasteiger partial charge in [-0.3, -0.25) is 0 Å². The van der Waals surface area contributed by atoms with Gasteiger partial charge in [-0.2, -0.15) is 0 Å². The van der Waals surface area contributed by atoms with Gasteiger partial charge in [-0.15, -0.1) is 0 Å². The zero-order valence-electron chi connectivity index (χ0n) is 10.9. The maximum Gasteiger partial charge on any atom is 0.408 e. The van der Waals surface area contributed by atoms with Gasteiger partial charge >= 0.3 is 12.1 Å². The van der Waals surface area contributed by atoms with Gasteiger partial charge in [0, 0.05) is 6.42 Å². The first-order valence-electron chi connectivity index (χ1n) is 5.49. The number of carbonyl (C=O) groups excluding carboxylic acids is 2. The number of aliphatic hydroxyl groups excluding tert-OH is 1. The topological polar surface area (TPSA) is 84.9 Å². The molecule has 0 heterocycles. The van der Waals surface area contributed by atoms with Gasteiger partial charge in [0.1, 0.15) is 5.60 Å². The number of alkyl carbamates (subject to hydrolysis) is 1. The van der Waals surface area contributed by atoms with E-state index in [0.717, 1.165) is 7.11 Å². The monoisotopic (exact) mass is 263 g/mol. The number of halogens is 1. The predicted octanol–water partition coefficient (Wildman–Crippen LogP) is 0.527. The number of aliphatic hydroxyl groups is 1. The molecule has 7 heteroatoms. The van der Waals surface area contributed by atoms with Crippen LogP contribution >= 0.6 is 0 Å². The summed E-state index contributed by atoms with van der Waals surface area (Å²) in [5, 5.41) is 11.1. The van der Waals surface area contributed by atoms with Crippen molar-refractivity contribution in [3.05, 3.63) is 0 Å². The van der Waals surface area contributed by atoms with E-state index in [1.807, 2.05) is 0 Å². The minimum absolute atomic E-state index is 0.331. The maximum absolute atomic E-state index is 14.0. The van der Waals surface area contributed by atoms with E-state index in [2.05, 4.69) is 10.1 Å². The zero-order chi connectivity index (χ0) is 14.2. The number of hydrogen-bond donors (Lipinski definition) is 2. The highest BCUT2D eigenvalue weighted by molar-refractivity contribution is 5.91. The van der Waals surface area contributed by atoms with E-state index in [-0.39, 0.29) is 6.42 Å². The normalized spacial score (nSPS) is 30.6. The zero-order valence-corrected chi connectivity index (χ0v) is 10.9. The molecule has 6 nitrogen and oxygen atoms in total. The first-order chi connectivity index (χ1) is 8.10. The molecule has 2 atom stereocenters. The van der Waals surface area contributed by atoms with E-state index < -0.39 is 35.5 Å². The lowest BCUT2D eigenvalue weighted by Crippen LogP contribution is -2.51. The first kappa shape index (κ1) is 14.7. The van der Waals surface area contributed by atoms with Crippen LogP contribution in [0, 0.1) is 0 Å². The van der Waals surface area contributed by atoms with Crippen LogP contribution in [-0.2, 0) is 14.3 Å². The van der Waals surface area contributed by atoms with E-state index in [4.69, 9.17) is 9.84 Å². The van der Waals surface area contributed by atoms with Crippen LogP contribution in [0.1, 0.15) is 27.2 Å². The van der Waals surface area contributed by atoms with Crippen molar-refractivity contribution in [2.45, 2.75) is 44.0 Å². The molecule has 1 aliphatic carbocycles. The molecule has 2 N–H and O–H groups in total. The highest BCUT2D eigenvalue weighted by atomic mass is 19.1. The predicted molar refractivity (Wildman–Crippen MR) is 59.7 cm³/mol. The van der Waals surface area contributed by atoms with E-state index in [0.29, 0.717) is 0 Å². The van der Waals surface area contributed by atoms with E-state index >= 15 is 0 Å². The Kier molecular flexibility index (Phi) is 3.58. The van der Waals surface area contributed by atoms with Crippen molar-refractivity contribution in [2.24, 2.45) is 0 Å². The van der Waals surface area contributed by atoms with Gasteiger partial charge < -0.3 is 19.9 Å². The van der Waals surface area contributed by atoms with Crippen molar-refractivity contribution in [3.8, 4) is 0 Å². The minimum Gasteiger partial charge on any atom is -0.467 e. The molecule has 0 unspecified atom stereocenters. The molecular formula is C11H18FNO5. The van der Waals surface area contributed by atoms with Gasteiger partial charge in [-0.1, -0.05) is 0 Å². The molecule has 0 bridgehead atoms. The second-order valence-corrected chi connectivity index (χ2v) is 5.32. The Hall–Kier alpha value is -1.37. The van der Waals surface area contributed by atoms with Gasteiger partial charge in [0.05, 0.1) is 13.7 Å². The Balaban J connectivity index is 2.78. The number of alkyl halides is 1. The average molecular weight is 263 g/mol. The number of esters is 1. The van der Waals surface area contributed by atoms with Crippen molar-refractivity contribution in [1.82, 2.24) is 5.32 Å². The van der Waals surface area contributed by atoms with Crippen molar-refractivity contribution in [1.29, 1.82) is 0 Å². The van der Waals surface area contributed by atoms with Crippen LogP contribution in [0.3, 0.4) is 0 Å². The van der Waals surface area contributed by atoms with E-state index in [9.17, 15) is 14.0 Å². The third-order valence-corrected chi connectivity index (χ3v) is 2.68. The lowest BCUT2D eigenvalue weighted by atomic mass is 10.2. The fourth-order valence-corrected chi connectivity index (χ4v) is 1.68. The number of methoxy groups -OCH3 is 1. The van der Waals surface area contributed by atoms with Crippen LogP contribution in [0.4, 0.5) is 9.18 Å². The Bertz CT molecular complexity index is 367. The summed E-state index contributed by atoms with van der Waals surface area (Å²) >= 11 is 0. The Morgan fingerprint density at radius 2 is 2.00 bits per heavy atom. The molecule has 1 fully saturated rings. The molecule has 1 saturated carbocycles. The van der Waals surface area contributed by atoms with Crippen molar-refractivity contribution < 1.29 is 28.6 Å². The molecule has 18 heavy (non-hydrogen) atoms. The van der Waals surface area contributed by atoms with Gasteiger partial charge in [-0.05, 0) is 20.8 Å². The molecular weight excluding hydrogens is 245 g/mol. The SMILES string of the molecule is COC(=O)[C@]1(NC(=O)OC(C)(C)C)C[C@@]1(F)CO. The summed E-state index contributed by atoms with van der Waals surface area (Å²) in [6.07, 6.45) is -1.26. The number of nitrogens with one attached hydrogen (secondary N) is 1. The quantitative estimate of drug-likeness (QED) is 0.725.